The summed E-state index contributed by atoms with van der Waals surface area (Å²) in [6.45, 7) is 0. The van der Waals surface area contributed by atoms with Gasteiger partial charge in [-0.1, -0.05) is 23.7 Å². The fourth-order valence-electron chi connectivity index (χ4n) is 1.85. The van der Waals surface area contributed by atoms with E-state index in [-0.39, 0.29) is 0 Å². The Bertz CT molecular complexity index is 791. The summed E-state index contributed by atoms with van der Waals surface area (Å²) in [7, 11) is 2.96. The van der Waals surface area contributed by atoms with Gasteiger partial charge in [0, 0.05) is 11.1 Å². The molecule has 0 bridgehead atoms. The van der Waals surface area contributed by atoms with Gasteiger partial charge in [0.05, 0.1) is 26.1 Å². The summed E-state index contributed by atoms with van der Waals surface area (Å²) in [5.41, 5.74) is 3.21. The highest BCUT2D eigenvalue weighted by Crippen LogP contribution is 2.28. The van der Waals surface area contributed by atoms with E-state index in [0.717, 1.165) is 5.56 Å². The van der Waals surface area contributed by atoms with Crippen LogP contribution >= 0.6 is 11.6 Å². The van der Waals surface area contributed by atoms with Crippen molar-refractivity contribution < 1.29 is 19.1 Å². The van der Waals surface area contributed by atoms with Crippen LogP contribution in [-0.2, 0) is 9.59 Å². The number of hydrogen-bond acceptors (Lipinski definition) is 5. The van der Waals surface area contributed by atoms with Gasteiger partial charge in [0.1, 0.15) is 11.5 Å². The molecule has 0 saturated heterocycles. The third-order valence-corrected chi connectivity index (χ3v) is 3.36. The van der Waals surface area contributed by atoms with Gasteiger partial charge in [0.2, 0.25) is 0 Å². The van der Waals surface area contributed by atoms with Crippen LogP contribution in [0.5, 0.6) is 11.5 Å². The topological polar surface area (TPSA) is 89.0 Å². The number of anilines is 1. The van der Waals surface area contributed by atoms with Gasteiger partial charge in [-0.05, 0) is 29.8 Å². The van der Waals surface area contributed by atoms with Crippen LogP contribution in [0, 0.1) is 0 Å². The number of ether oxygens (including phenoxy) is 2. The highest BCUT2D eigenvalue weighted by molar-refractivity contribution is 6.39. The number of amides is 2. The largest absolute Gasteiger partial charge is 0.497 e. The molecular formula is C17H16ClN3O4. The zero-order chi connectivity index (χ0) is 18.2. The van der Waals surface area contributed by atoms with E-state index in [4.69, 9.17) is 21.1 Å². The van der Waals surface area contributed by atoms with Crippen LogP contribution in [0.15, 0.2) is 47.6 Å². The first-order valence-corrected chi connectivity index (χ1v) is 7.53. The molecule has 0 saturated carbocycles. The number of carbonyl (C=O) groups is 2. The molecule has 2 rings (SSSR count). The molecule has 25 heavy (non-hydrogen) atoms. The number of nitrogens with zero attached hydrogens (tertiary/aromatic N) is 1. The van der Waals surface area contributed by atoms with Crippen molar-refractivity contribution in [2.75, 3.05) is 19.5 Å². The molecule has 0 spiro atoms. The van der Waals surface area contributed by atoms with Crippen LogP contribution in [0.25, 0.3) is 0 Å². The second-order valence-corrected chi connectivity index (χ2v) is 5.21. The van der Waals surface area contributed by atoms with Gasteiger partial charge < -0.3 is 14.8 Å². The lowest BCUT2D eigenvalue weighted by Crippen LogP contribution is -2.32. The Balaban J connectivity index is 1.96. The molecule has 130 valence electrons. The normalized spacial score (nSPS) is 10.4. The fraction of sp³-hybridized carbons (Fsp3) is 0.118. The molecule has 0 atom stereocenters. The molecule has 2 aromatic carbocycles. The Hall–Kier alpha value is -3.06. The molecular weight excluding hydrogens is 346 g/mol. The summed E-state index contributed by atoms with van der Waals surface area (Å²) in [5.74, 6) is -0.864. The molecule has 2 aromatic rings. The Labute approximate surface area is 149 Å². The first kappa shape index (κ1) is 18.3. The maximum atomic E-state index is 11.9. The van der Waals surface area contributed by atoms with Crippen molar-refractivity contribution in [2.24, 2.45) is 5.10 Å². The Kier molecular flexibility index (Phi) is 6.36. The first-order chi connectivity index (χ1) is 12.0. The van der Waals surface area contributed by atoms with Crippen LogP contribution in [0.4, 0.5) is 5.69 Å². The van der Waals surface area contributed by atoms with Gasteiger partial charge in [-0.25, -0.2) is 5.43 Å². The molecule has 0 aromatic heterocycles. The number of methoxy groups -OCH3 is 2. The summed E-state index contributed by atoms with van der Waals surface area (Å²) in [4.78, 5) is 23.7. The highest BCUT2D eigenvalue weighted by Gasteiger charge is 2.15. The van der Waals surface area contributed by atoms with Crippen LogP contribution in [0.3, 0.4) is 0 Å². The number of carbonyl (C=O) groups excluding carboxylic acids is 2. The van der Waals surface area contributed by atoms with E-state index in [0.29, 0.717) is 22.2 Å². The summed E-state index contributed by atoms with van der Waals surface area (Å²) < 4.78 is 10.2. The van der Waals surface area contributed by atoms with Crippen molar-refractivity contribution >= 4 is 35.3 Å². The quantitative estimate of drug-likeness (QED) is 0.486. The molecule has 7 nitrogen and oxygen atoms in total. The average Bonchev–Trinajstić information content (AvgIpc) is 2.63. The Morgan fingerprint density at radius 1 is 1.04 bits per heavy atom. The van der Waals surface area contributed by atoms with Crippen molar-refractivity contribution in [3.05, 3.63) is 53.1 Å². The molecule has 2 amide bonds. The van der Waals surface area contributed by atoms with Crippen molar-refractivity contribution in [1.29, 1.82) is 0 Å². The molecule has 2 N–H and O–H groups in total. The number of rotatable bonds is 5. The lowest BCUT2D eigenvalue weighted by atomic mass is 10.2. The number of nitrogens with one attached hydrogen (secondary N) is 2. The van der Waals surface area contributed by atoms with Gasteiger partial charge in [-0.3, -0.25) is 9.59 Å². The lowest BCUT2D eigenvalue weighted by molar-refractivity contribution is -0.136. The smallest absolute Gasteiger partial charge is 0.329 e. The molecule has 0 aliphatic carbocycles. The fourth-order valence-corrected chi connectivity index (χ4v) is 1.97. The third-order valence-electron chi connectivity index (χ3n) is 3.11. The van der Waals surface area contributed by atoms with Crippen LogP contribution in [-0.4, -0.2) is 32.2 Å². The van der Waals surface area contributed by atoms with E-state index in [1.54, 1.807) is 42.5 Å². The number of benzene rings is 2. The van der Waals surface area contributed by atoms with Crippen LogP contribution in [0.2, 0.25) is 5.02 Å². The number of hydrazone groups is 1. The molecule has 8 heteroatoms. The number of halogens is 1. The Morgan fingerprint density at radius 3 is 2.40 bits per heavy atom. The molecule has 0 aliphatic rings. The van der Waals surface area contributed by atoms with E-state index >= 15 is 0 Å². The summed E-state index contributed by atoms with van der Waals surface area (Å²) >= 11 is 5.77. The second-order valence-electron chi connectivity index (χ2n) is 4.77. The third kappa shape index (κ3) is 5.22. The van der Waals surface area contributed by atoms with Crippen molar-refractivity contribution in [1.82, 2.24) is 5.43 Å². The lowest BCUT2D eigenvalue weighted by Gasteiger charge is -2.10. The van der Waals surface area contributed by atoms with Crippen molar-refractivity contribution in [3.8, 4) is 11.5 Å². The monoisotopic (exact) mass is 361 g/mol. The maximum absolute atomic E-state index is 11.9. The molecule has 0 radical (unpaired) electrons. The molecule has 0 heterocycles. The van der Waals surface area contributed by atoms with Crippen molar-refractivity contribution in [3.63, 3.8) is 0 Å². The minimum atomic E-state index is -0.914. The maximum Gasteiger partial charge on any atom is 0.329 e. The SMILES string of the molecule is COc1ccc(NC(=O)C(=O)N/N=C\c2ccc(Cl)cc2)c(OC)c1. The van der Waals surface area contributed by atoms with Gasteiger partial charge >= 0.3 is 11.8 Å². The van der Waals surface area contributed by atoms with E-state index in [2.05, 4.69) is 15.8 Å². The summed E-state index contributed by atoms with van der Waals surface area (Å²) in [5, 5.41) is 6.76. The van der Waals surface area contributed by atoms with E-state index in [9.17, 15) is 9.59 Å². The van der Waals surface area contributed by atoms with Gasteiger partial charge in [0.25, 0.3) is 0 Å². The predicted octanol–water partition coefficient (Wildman–Crippen LogP) is 2.45. The van der Waals surface area contributed by atoms with Crippen molar-refractivity contribution in [2.45, 2.75) is 0 Å². The van der Waals surface area contributed by atoms with Gasteiger partial charge in [0.15, 0.2) is 0 Å². The first-order valence-electron chi connectivity index (χ1n) is 7.15. The predicted molar refractivity (Wildman–Crippen MR) is 95.4 cm³/mol. The molecule has 0 aliphatic heterocycles. The second kappa shape index (κ2) is 8.70. The summed E-state index contributed by atoms with van der Waals surface area (Å²) in [6.07, 6.45) is 1.40. The van der Waals surface area contributed by atoms with E-state index in [1.165, 1.54) is 20.4 Å². The Morgan fingerprint density at radius 2 is 1.76 bits per heavy atom. The minimum absolute atomic E-state index is 0.338. The zero-order valence-electron chi connectivity index (χ0n) is 13.6. The van der Waals surface area contributed by atoms with E-state index in [1.807, 2.05) is 0 Å². The molecule has 0 unspecified atom stereocenters. The average molecular weight is 362 g/mol. The number of hydrogen-bond donors (Lipinski definition) is 2. The zero-order valence-corrected chi connectivity index (χ0v) is 14.3. The van der Waals surface area contributed by atoms with Gasteiger partial charge in [-0.15, -0.1) is 0 Å². The highest BCUT2D eigenvalue weighted by atomic mass is 35.5. The van der Waals surface area contributed by atoms with Crippen LogP contribution < -0.4 is 20.2 Å². The van der Waals surface area contributed by atoms with Crippen LogP contribution in [0.1, 0.15) is 5.56 Å². The van der Waals surface area contributed by atoms with E-state index < -0.39 is 11.8 Å². The minimum Gasteiger partial charge on any atom is -0.497 e. The van der Waals surface area contributed by atoms with Gasteiger partial charge in [-0.2, -0.15) is 5.10 Å². The standard InChI is InChI=1S/C17H16ClN3O4/c1-24-13-7-8-14(15(9-13)25-2)20-16(22)17(23)21-19-10-11-3-5-12(18)6-4-11/h3-10H,1-2H3,(H,20,22)(H,21,23)/b19-10-. The molecule has 0 fully saturated rings. The summed E-state index contributed by atoms with van der Waals surface area (Å²) in [6, 6.07) is 11.6.